The fraction of sp³-hybridized carbons (Fsp3) is 0.500. The average Bonchev–Trinajstić information content (AvgIpc) is 2.83. The zero-order valence-electron chi connectivity index (χ0n) is 16.2. The molecule has 2 heterocycles. The Bertz CT molecular complexity index is 909. The van der Waals surface area contributed by atoms with E-state index in [0.717, 1.165) is 29.6 Å². The summed E-state index contributed by atoms with van der Waals surface area (Å²) >= 11 is 6.23. The van der Waals surface area contributed by atoms with Crippen LogP contribution in [-0.4, -0.2) is 42.8 Å². The molecular weight excluding hydrogens is 399 g/mol. The number of aromatic hydroxyl groups is 1. The third-order valence-corrected chi connectivity index (χ3v) is 7.89. The van der Waals surface area contributed by atoms with Gasteiger partial charge in [0, 0.05) is 6.32 Å². The van der Waals surface area contributed by atoms with Gasteiger partial charge >= 0.3 is 7.12 Å². The third kappa shape index (κ3) is 4.65. The number of sulfone groups is 1. The van der Waals surface area contributed by atoms with Crippen molar-refractivity contribution in [3.05, 3.63) is 45.5 Å². The van der Waals surface area contributed by atoms with Gasteiger partial charge in [-0.2, -0.15) is 0 Å². The Morgan fingerprint density at radius 2 is 2.14 bits per heavy atom. The normalized spacial score (nSPS) is 24.6. The van der Waals surface area contributed by atoms with Crippen molar-refractivity contribution in [2.45, 2.75) is 57.2 Å². The minimum Gasteiger partial charge on any atom is -0.508 e. The van der Waals surface area contributed by atoms with Gasteiger partial charge in [-0.05, 0) is 55.5 Å². The van der Waals surface area contributed by atoms with E-state index >= 15 is 0 Å². The van der Waals surface area contributed by atoms with Crippen molar-refractivity contribution in [3.8, 4) is 5.75 Å². The van der Waals surface area contributed by atoms with Crippen LogP contribution in [0.1, 0.15) is 45.1 Å². The number of phenolic OH excluding ortho intramolecular Hbond substituents is 1. The molecule has 5 nitrogen and oxygen atoms in total. The molecule has 28 heavy (non-hydrogen) atoms. The van der Waals surface area contributed by atoms with Crippen molar-refractivity contribution in [3.63, 3.8) is 0 Å². The first-order valence-corrected chi connectivity index (χ1v) is 11.7. The van der Waals surface area contributed by atoms with E-state index in [1.165, 1.54) is 11.6 Å². The van der Waals surface area contributed by atoms with E-state index in [1.807, 2.05) is 13.0 Å². The summed E-state index contributed by atoms with van der Waals surface area (Å²) in [6.45, 7) is 3.94. The van der Waals surface area contributed by atoms with Gasteiger partial charge in [-0.1, -0.05) is 42.2 Å². The molecule has 1 saturated heterocycles. The van der Waals surface area contributed by atoms with Gasteiger partial charge in [0.2, 0.25) is 0 Å². The third-order valence-electron chi connectivity index (χ3n) is 5.42. The van der Waals surface area contributed by atoms with Crippen LogP contribution in [0.25, 0.3) is 6.08 Å². The van der Waals surface area contributed by atoms with E-state index < -0.39 is 22.2 Å². The maximum Gasteiger partial charge on any atom is 0.456 e. The number of fused-ring (bicyclic) bond motifs is 1. The lowest BCUT2D eigenvalue weighted by Gasteiger charge is -2.32. The highest BCUT2D eigenvalue weighted by Crippen LogP contribution is 2.39. The fourth-order valence-electron chi connectivity index (χ4n) is 4.19. The highest BCUT2D eigenvalue weighted by molar-refractivity contribution is 7.92. The Hall–Kier alpha value is -1.28. The summed E-state index contributed by atoms with van der Waals surface area (Å²) in [5, 5.41) is 19.4. The van der Waals surface area contributed by atoms with Crippen molar-refractivity contribution >= 4 is 34.6 Å². The van der Waals surface area contributed by atoms with Crippen molar-refractivity contribution in [1.29, 1.82) is 0 Å². The van der Waals surface area contributed by atoms with Crippen LogP contribution in [-0.2, 0) is 14.5 Å². The molecule has 0 aliphatic carbocycles. The summed E-state index contributed by atoms with van der Waals surface area (Å²) in [5.74, 6) is 0.181. The lowest BCUT2D eigenvalue weighted by Crippen LogP contribution is -2.41. The Morgan fingerprint density at radius 3 is 2.82 bits per heavy atom. The molecule has 0 radical (unpaired) electrons. The van der Waals surface area contributed by atoms with Crippen LogP contribution in [0.5, 0.6) is 5.75 Å². The zero-order valence-corrected chi connectivity index (χ0v) is 17.8. The number of rotatable bonds is 6. The smallest absolute Gasteiger partial charge is 0.456 e. The SMILES string of the molecule is CCC/C(=C\c1ccc(O)cc1Cl)CC[C@H]1OB(O)C[C@H]2C1=C(C)CS2(=O)=O. The predicted octanol–water partition coefficient (Wildman–Crippen LogP) is 4.00. The van der Waals surface area contributed by atoms with Crippen LogP contribution in [0.3, 0.4) is 0 Å². The predicted molar refractivity (Wildman–Crippen MR) is 113 cm³/mol. The summed E-state index contributed by atoms with van der Waals surface area (Å²) in [6, 6.07) is 4.89. The fourth-order valence-corrected chi connectivity index (χ4v) is 6.59. The molecule has 0 aromatic heterocycles. The van der Waals surface area contributed by atoms with Gasteiger partial charge < -0.3 is 14.8 Å². The number of hydrogen-bond donors (Lipinski definition) is 2. The molecule has 3 rings (SSSR count). The summed E-state index contributed by atoms with van der Waals surface area (Å²) < 4.78 is 30.5. The highest BCUT2D eigenvalue weighted by atomic mass is 35.5. The number of halogens is 1. The van der Waals surface area contributed by atoms with E-state index in [1.54, 1.807) is 12.1 Å². The lowest BCUT2D eigenvalue weighted by molar-refractivity contribution is 0.169. The van der Waals surface area contributed by atoms with Crippen LogP contribution in [0.2, 0.25) is 11.3 Å². The van der Waals surface area contributed by atoms with E-state index in [2.05, 4.69) is 6.92 Å². The maximum absolute atomic E-state index is 12.4. The molecule has 2 aliphatic heterocycles. The molecule has 1 aromatic rings. The second kappa shape index (κ2) is 8.62. The first-order valence-electron chi connectivity index (χ1n) is 9.64. The van der Waals surface area contributed by atoms with Crippen LogP contribution in [0.15, 0.2) is 34.9 Å². The summed E-state index contributed by atoms with van der Waals surface area (Å²) in [7, 11) is -4.29. The van der Waals surface area contributed by atoms with E-state index in [4.69, 9.17) is 16.3 Å². The summed E-state index contributed by atoms with van der Waals surface area (Å²) in [4.78, 5) is 0. The number of hydrogen-bond acceptors (Lipinski definition) is 5. The molecular formula is C20H26BClO5S. The molecule has 1 aromatic carbocycles. The van der Waals surface area contributed by atoms with Crippen molar-refractivity contribution in [1.82, 2.24) is 0 Å². The van der Waals surface area contributed by atoms with Crippen LogP contribution in [0.4, 0.5) is 0 Å². The molecule has 0 bridgehead atoms. The van der Waals surface area contributed by atoms with Gasteiger partial charge in [-0.25, -0.2) is 8.42 Å². The van der Waals surface area contributed by atoms with Gasteiger partial charge in [-0.3, -0.25) is 0 Å². The van der Waals surface area contributed by atoms with Gasteiger partial charge in [0.15, 0.2) is 9.84 Å². The minimum absolute atomic E-state index is 0.0559. The molecule has 2 N–H and O–H groups in total. The van der Waals surface area contributed by atoms with Gasteiger partial charge in [-0.15, -0.1) is 0 Å². The second-order valence-corrected chi connectivity index (χ2v) is 10.2. The molecule has 2 atom stereocenters. The van der Waals surface area contributed by atoms with Crippen LogP contribution < -0.4 is 0 Å². The monoisotopic (exact) mass is 424 g/mol. The van der Waals surface area contributed by atoms with E-state index in [0.29, 0.717) is 17.9 Å². The number of allylic oxidation sites excluding steroid dienone is 1. The van der Waals surface area contributed by atoms with Gasteiger partial charge in [0.05, 0.1) is 22.1 Å². The minimum atomic E-state index is -3.24. The van der Waals surface area contributed by atoms with Crippen LogP contribution >= 0.6 is 11.6 Å². The zero-order chi connectivity index (χ0) is 20.5. The molecule has 2 aliphatic rings. The lowest BCUT2D eigenvalue weighted by atomic mass is 9.74. The van der Waals surface area contributed by atoms with Crippen molar-refractivity contribution < 1.29 is 23.2 Å². The Morgan fingerprint density at radius 1 is 1.39 bits per heavy atom. The summed E-state index contributed by atoms with van der Waals surface area (Å²) in [5.41, 5.74) is 3.70. The molecule has 0 amide bonds. The highest BCUT2D eigenvalue weighted by Gasteiger charge is 2.47. The molecule has 0 spiro atoms. The number of benzene rings is 1. The topological polar surface area (TPSA) is 83.8 Å². The Kier molecular flexibility index (Phi) is 6.59. The average molecular weight is 425 g/mol. The van der Waals surface area contributed by atoms with Crippen molar-refractivity contribution in [2.75, 3.05) is 5.75 Å². The second-order valence-electron chi connectivity index (χ2n) is 7.64. The maximum atomic E-state index is 12.4. The van der Waals surface area contributed by atoms with E-state index in [-0.39, 0.29) is 23.9 Å². The molecule has 0 saturated carbocycles. The standard InChI is InChI=1S/C20H26BClO5S/c1-3-4-14(9-15-6-7-16(23)10-17(15)22)5-8-18-20-13(2)12-28(25,26)19(20)11-21(24)27-18/h6-7,9-10,18-19,23-24H,3-5,8,11-12H2,1-2H3/b14-9+/t18-,19+/m1/s1. The van der Waals surface area contributed by atoms with Crippen LogP contribution in [0, 0.1) is 0 Å². The van der Waals surface area contributed by atoms with Gasteiger partial charge in [0.1, 0.15) is 5.75 Å². The molecule has 0 unspecified atom stereocenters. The molecule has 152 valence electrons. The van der Waals surface area contributed by atoms with E-state index in [9.17, 15) is 18.5 Å². The largest absolute Gasteiger partial charge is 0.508 e. The molecule has 8 heteroatoms. The first kappa shape index (κ1) is 21.4. The Labute approximate surface area is 172 Å². The quantitative estimate of drug-likeness (QED) is 0.532. The first-order chi connectivity index (χ1) is 13.2. The Balaban J connectivity index is 1.79. The summed E-state index contributed by atoms with van der Waals surface area (Å²) in [6.07, 6.45) is 4.92. The van der Waals surface area contributed by atoms with Gasteiger partial charge in [0.25, 0.3) is 0 Å². The van der Waals surface area contributed by atoms with Crippen molar-refractivity contribution in [2.24, 2.45) is 0 Å². The molecule has 1 fully saturated rings. The number of phenols is 1.